The Hall–Kier alpha value is -1.20. The molecule has 0 radical (unpaired) electrons. The number of carbonyl (C=O) groups is 2. The van der Waals surface area contributed by atoms with Crippen LogP contribution in [0.5, 0.6) is 0 Å². The van der Waals surface area contributed by atoms with E-state index in [1.165, 1.54) is 0 Å². The lowest BCUT2D eigenvalue weighted by molar-refractivity contribution is -0.140. The fourth-order valence-corrected chi connectivity index (χ4v) is 3.19. The number of rotatable bonds is 2. The topological polar surface area (TPSA) is 40.6 Å². The van der Waals surface area contributed by atoms with Crippen LogP contribution >= 0.6 is 23.4 Å². The maximum atomic E-state index is 12.7. The lowest BCUT2D eigenvalue weighted by Gasteiger charge is -2.37. The molecule has 1 heterocycles. The highest BCUT2D eigenvalue weighted by Gasteiger charge is 2.31. The third-order valence-corrected chi connectivity index (χ3v) is 4.95. The van der Waals surface area contributed by atoms with Crippen molar-refractivity contribution in [1.29, 1.82) is 0 Å². The summed E-state index contributed by atoms with van der Waals surface area (Å²) in [6.45, 7) is 7.98. The van der Waals surface area contributed by atoms with E-state index in [1.54, 1.807) is 22.7 Å². The number of nitrogens with zero attached hydrogens (tertiary/aromatic N) is 2. The van der Waals surface area contributed by atoms with Crippen molar-refractivity contribution < 1.29 is 9.59 Å². The summed E-state index contributed by atoms with van der Waals surface area (Å²) in [4.78, 5) is 29.6. The molecule has 0 saturated carbocycles. The minimum absolute atomic E-state index is 0.0613. The molecule has 0 unspecified atom stereocenters. The fraction of sp³-hybridized carbons (Fsp3) is 0.529. The van der Waals surface area contributed by atoms with Gasteiger partial charge in [0, 0.05) is 36.5 Å². The normalized spacial score (nSPS) is 15.7. The summed E-state index contributed by atoms with van der Waals surface area (Å²) in [5.74, 6) is 0.0702. The highest BCUT2D eigenvalue weighted by atomic mass is 35.5. The van der Waals surface area contributed by atoms with Crippen molar-refractivity contribution in [3.63, 3.8) is 0 Å². The fourth-order valence-electron chi connectivity index (χ4n) is 2.55. The van der Waals surface area contributed by atoms with E-state index in [0.29, 0.717) is 36.8 Å². The van der Waals surface area contributed by atoms with Crippen LogP contribution in [0.1, 0.15) is 31.1 Å². The average Bonchev–Trinajstić information content (AvgIpc) is 2.53. The third-order valence-electron chi connectivity index (χ3n) is 3.90. The van der Waals surface area contributed by atoms with Crippen LogP contribution < -0.4 is 0 Å². The summed E-state index contributed by atoms with van der Waals surface area (Å²) in [5.41, 5.74) is 0.149. The molecule has 1 aliphatic rings. The van der Waals surface area contributed by atoms with Gasteiger partial charge in [-0.2, -0.15) is 0 Å². The molecule has 1 aromatic carbocycles. The maximum Gasteiger partial charge on any atom is 0.255 e. The molecule has 0 aromatic heterocycles. The smallest absolute Gasteiger partial charge is 0.255 e. The first-order valence-corrected chi connectivity index (χ1v) is 9.26. The standard InChI is InChI=1S/C17H23ClN2O2S/c1-17(2,3)16(22)20-9-7-19(8-10-20)15(21)13-11-12(23-4)5-6-14(13)18/h5-6,11H,7-10H2,1-4H3. The molecule has 1 fully saturated rings. The molecule has 1 saturated heterocycles. The van der Waals surface area contributed by atoms with Gasteiger partial charge in [0.15, 0.2) is 0 Å². The zero-order valence-electron chi connectivity index (χ0n) is 14.1. The SMILES string of the molecule is CSc1ccc(Cl)c(C(=O)N2CCN(C(=O)C(C)(C)C)CC2)c1. The van der Waals surface area contributed by atoms with Gasteiger partial charge in [0.1, 0.15) is 0 Å². The van der Waals surface area contributed by atoms with Crippen molar-refractivity contribution >= 4 is 35.2 Å². The highest BCUT2D eigenvalue weighted by molar-refractivity contribution is 7.98. The van der Waals surface area contributed by atoms with E-state index in [4.69, 9.17) is 11.6 Å². The lowest BCUT2D eigenvalue weighted by Crippen LogP contribution is -2.53. The molecule has 126 valence electrons. The van der Waals surface area contributed by atoms with E-state index in [-0.39, 0.29) is 17.2 Å². The van der Waals surface area contributed by atoms with Gasteiger partial charge in [-0.25, -0.2) is 0 Å². The number of hydrogen-bond acceptors (Lipinski definition) is 3. The summed E-state index contributed by atoms with van der Waals surface area (Å²) in [5, 5.41) is 0.473. The van der Waals surface area contributed by atoms with Crippen molar-refractivity contribution in [3.05, 3.63) is 28.8 Å². The predicted molar refractivity (Wildman–Crippen MR) is 95.2 cm³/mol. The second kappa shape index (κ2) is 7.14. The molecular formula is C17H23ClN2O2S. The number of piperazine rings is 1. The van der Waals surface area contributed by atoms with Crippen LogP contribution in [0.3, 0.4) is 0 Å². The van der Waals surface area contributed by atoms with Crippen LogP contribution in [0.2, 0.25) is 5.02 Å². The Morgan fingerprint density at radius 3 is 2.17 bits per heavy atom. The Morgan fingerprint density at radius 2 is 1.65 bits per heavy atom. The Morgan fingerprint density at radius 1 is 1.09 bits per heavy atom. The summed E-state index contributed by atoms with van der Waals surface area (Å²) in [6, 6.07) is 5.51. The first kappa shape index (κ1) is 18.1. The van der Waals surface area contributed by atoms with Crippen molar-refractivity contribution in [2.45, 2.75) is 25.7 Å². The molecule has 1 aliphatic heterocycles. The van der Waals surface area contributed by atoms with Gasteiger partial charge < -0.3 is 9.80 Å². The van der Waals surface area contributed by atoms with Crippen LogP contribution in [0.25, 0.3) is 0 Å². The van der Waals surface area contributed by atoms with E-state index in [9.17, 15) is 9.59 Å². The van der Waals surface area contributed by atoms with E-state index in [0.717, 1.165) is 4.90 Å². The van der Waals surface area contributed by atoms with Gasteiger partial charge in [0.05, 0.1) is 10.6 Å². The summed E-state index contributed by atoms with van der Waals surface area (Å²) >= 11 is 7.77. The molecule has 2 rings (SSSR count). The third kappa shape index (κ3) is 4.21. The van der Waals surface area contributed by atoms with Crippen molar-refractivity contribution in [2.24, 2.45) is 5.41 Å². The largest absolute Gasteiger partial charge is 0.339 e. The molecule has 0 N–H and O–H groups in total. The van der Waals surface area contributed by atoms with Gasteiger partial charge in [-0.15, -0.1) is 11.8 Å². The number of thioether (sulfide) groups is 1. The molecule has 0 bridgehead atoms. The van der Waals surface area contributed by atoms with Crippen molar-refractivity contribution in [1.82, 2.24) is 9.80 Å². The Bertz CT molecular complexity index is 605. The highest BCUT2D eigenvalue weighted by Crippen LogP contribution is 2.25. The van der Waals surface area contributed by atoms with Gasteiger partial charge in [-0.3, -0.25) is 9.59 Å². The minimum atomic E-state index is -0.387. The van der Waals surface area contributed by atoms with Crippen LogP contribution in [0.4, 0.5) is 0 Å². The van der Waals surface area contributed by atoms with E-state index in [2.05, 4.69) is 0 Å². The number of carbonyl (C=O) groups excluding carboxylic acids is 2. The molecule has 23 heavy (non-hydrogen) atoms. The molecule has 4 nitrogen and oxygen atoms in total. The minimum Gasteiger partial charge on any atom is -0.339 e. The Kier molecular flexibility index (Phi) is 5.63. The number of amides is 2. The number of benzene rings is 1. The maximum absolute atomic E-state index is 12.7. The summed E-state index contributed by atoms with van der Waals surface area (Å²) in [7, 11) is 0. The molecule has 0 spiro atoms. The average molecular weight is 355 g/mol. The molecule has 0 atom stereocenters. The van der Waals surface area contributed by atoms with Gasteiger partial charge in [-0.05, 0) is 24.5 Å². The van der Waals surface area contributed by atoms with Crippen LogP contribution in [-0.4, -0.2) is 54.0 Å². The Balaban J connectivity index is 2.06. The monoisotopic (exact) mass is 354 g/mol. The quantitative estimate of drug-likeness (QED) is 0.764. The molecule has 1 aromatic rings. The van der Waals surface area contributed by atoms with Crippen molar-refractivity contribution in [2.75, 3.05) is 32.4 Å². The molecule has 2 amide bonds. The van der Waals surface area contributed by atoms with E-state index < -0.39 is 0 Å². The molecule has 6 heteroatoms. The van der Waals surface area contributed by atoms with Crippen molar-refractivity contribution in [3.8, 4) is 0 Å². The van der Waals surface area contributed by atoms with Gasteiger partial charge >= 0.3 is 0 Å². The molecular weight excluding hydrogens is 332 g/mol. The zero-order valence-corrected chi connectivity index (χ0v) is 15.6. The lowest BCUT2D eigenvalue weighted by atomic mass is 9.94. The van der Waals surface area contributed by atoms with E-state index in [1.807, 2.05) is 44.1 Å². The first-order valence-electron chi connectivity index (χ1n) is 7.66. The van der Waals surface area contributed by atoms with E-state index >= 15 is 0 Å². The van der Waals surface area contributed by atoms with Crippen LogP contribution in [0.15, 0.2) is 23.1 Å². The van der Waals surface area contributed by atoms with Gasteiger partial charge in [0.25, 0.3) is 5.91 Å². The second-order valence-electron chi connectivity index (χ2n) is 6.68. The summed E-state index contributed by atoms with van der Waals surface area (Å²) in [6.07, 6.45) is 1.97. The number of hydrogen-bond donors (Lipinski definition) is 0. The first-order chi connectivity index (χ1) is 10.7. The second-order valence-corrected chi connectivity index (χ2v) is 7.97. The summed E-state index contributed by atoms with van der Waals surface area (Å²) < 4.78 is 0. The zero-order chi connectivity index (χ0) is 17.2. The molecule has 0 aliphatic carbocycles. The Labute approximate surface area is 147 Å². The van der Waals surface area contributed by atoms with Crippen LogP contribution in [0, 0.1) is 5.41 Å². The van der Waals surface area contributed by atoms with Gasteiger partial charge in [0.2, 0.25) is 5.91 Å². The number of halogens is 1. The van der Waals surface area contributed by atoms with Gasteiger partial charge in [-0.1, -0.05) is 32.4 Å². The predicted octanol–water partition coefficient (Wildman–Crippen LogP) is 3.39. The van der Waals surface area contributed by atoms with Crippen LogP contribution in [-0.2, 0) is 4.79 Å².